The standard InChI is InChI=1S/C17H19ClFNO/c1-20(12-13-2-8-16(19)9-3-13)11-10-17(21)14-4-6-15(18)7-5-14/h2-9,17,21H,10-12H2,1H3. The fourth-order valence-electron chi connectivity index (χ4n) is 2.17. The van der Waals surface area contributed by atoms with Crippen molar-refractivity contribution in [1.29, 1.82) is 0 Å². The van der Waals surface area contributed by atoms with Crippen LogP contribution in [-0.4, -0.2) is 23.6 Å². The molecule has 0 spiro atoms. The lowest BCUT2D eigenvalue weighted by atomic mass is 10.1. The molecule has 2 nitrogen and oxygen atoms in total. The summed E-state index contributed by atoms with van der Waals surface area (Å²) in [5, 5.41) is 10.8. The number of halogens is 2. The first-order valence-corrected chi connectivity index (χ1v) is 7.29. The maximum atomic E-state index is 12.8. The highest BCUT2D eigenvalue weighted by Crippen LogP contribution is 2.19. The zero-order valence-electron chi connectivity index (χ0n) is 12.0. The van der Waals surface area contributed by atoms with Gasteiger partial charge in [0.25, 0.3) is 0 Å². The topological polar surface area (TPSA) is 23.5 Å². The van der Waals surface area contributed by atoms with Gasteiger partial charge in [0.1, 0.15) is 5.82 Å². The smallest absolute Gasteiger partial charge is 0.123 e. The summed E-state index contributed by atoms with van der Waals surface area (Å²) in [5.74, 6) is -0.223. The zero-order valence-corrected chi connectivity index (χ0v) is 12.7. The van der Waals surface area contributed by atoms with Gasteiger partial charge in [-0.15, -0.1) is 0 Å². The van der Waals surface area contributed by atoms with Crippen molar-refractivity contribution in [1.82, 2.24) is 4.90 Å². The van der Waals surface area contributed by atoms with Gasteiger partial charge in [-0.25, -0.2) is 4.39 Å². The summed E-state index contributed by atoms with van der Waals surface area (Å²) in [6.07, 6.45) is 0.136. The van der Waals surface area contributed by atoms with Gasteiger partial charge in [-0.2, -0.15) is 0 Å². The molecule has 2 aromatic rings. The Kier molecular flexibility index (Phi) is 5.74. The van der Waals surface area contributed by atoms with E-state index in [9.17, 15) is 9.50 Å². The van der Waals surface area contributed by atoms with Crippen LogP contribution in [0.4, 0.5) is 4.39 Å². The van der Waals surface area contributed by atoms with Gasteiger partial charge in [0.2, 0.25) is 0 Å². The van der Waals surface area contributed by atoms with Crippen LogP contribution in [0.25, 0.3) is 0 Å². The van der Waals surface area contributed by atoms with Crippen molar-refractivity contribution in [2.24, 2.45) is 0 Å². The first kappa shape index (κ1) is 16.0. The van der Waals surface area contributed by atoms with E-state index in [1.54, 1.807) is 24.3 Å². The summed E-state index contributed by atoms with van der Waals surface area (Å²) < 4.78 is 12.8. The predicted octanol–water partition coefficient (Wildman–Crippen LogP) is 4.03. The van der Waals surface area contributed by atoms with Crippen LogP contribution >= 0.6 is 11.6 Å². The summed E-state index contributed by atoms with van der Waals surface area (Å²) in [6, 6.07) is 13.7. The lowest BCUT2D eigenvalue weighted by Crippen LogP contribution is -2.20. The van der Waals surface area contributed by atoms with Gasteiger partial charge in [-0.05, 0) is 48.9 Å². The molecule has 21 heavy (non-hydrogen) atoms. The number of aliphatic hydroxyl groups is 1. The molecule has 1 N–H and O–H groups in total. The second-order valence-corrected chi connectivity index (χ2v) is 5.66. The Hall–Kier alpha value is -1.42. The molecule has 0 aromatic heterocycles. The van der Waals surface area contributed by atoms with E-state index in [4.69, 9.17) is 11.6 Å². The average Bonchev–Trinajstić information content (AvgIpc) is 2.48. The zero-order chi connectivity index (χ0) is 15.2. The van der Waals surface area contributed by atoms with Gasteiger partial charge >= 0.3 is 0 Å². The fourth-order valence-corrected chi connectivity index (χ4v) is 2.30. The average molecular weight is 308 g/mol. The quantitative estimate of drug-likeness (QED) is 0.871. The van der Waals surface area contributed by atoms with Crippen molar-refractivity contribution in [3.8, 4) is 0 Å². The van der Waals surface area contributed by atoms with E-state index in [2.05, 4.69) is 4.90 Å². The van der Waals surface area contributed by atoms with Gasteiger partial charge in [0.05, 0.1) is 6.10 Å². The molecule has 0 aliphatic carbocycles. The van der Waals surface area contributed by atoms with Crippen molar-refractivity contribution >= 4 is 11.6 Å². The minimum absolute atomic E-state index is 0.223. The lowest BCUT2D eigenvalue weighted by molar-refractivity contribution is 0.147. The van der Waals surface area contributed by atoms with E-state index in [1.165, 1.54) is 12.1 Å². The number of aliphatic hydroxyl groups excluding tert-OH is 1. The third kappa shape index (κ3) is 5.12. The minimum atomic E-state index is -0.502. The van der Waals surface area contributed by atoms with Gasteiger partial charge in [0, 0.05) is 18.1 Å². The van der Waals surface area contributed by atoms with Crippen molar-refractivity contribution in [2.75, 3.05) is 13.6 Å². The Morgan fingerprint density at radius 2 is 1.71 bits per heavy atom. The van der Waals surface area contributed by atoms with E-state index < -0.39 is 6.10 Å². The minimum Gasteiger partial charge on any atom is -0.388 e. The number of hydrogen-bond donors (Lipinski definition) is 1. The summed E-state index contributed by atoms with van der Waals surface area (Å²) in [6.45, 7) is 1.48. The summed E-state index contributed by atoms with van der Waals surface area (Å²) in [4.78, 5) is 2.10. The molecule has 2 rings (SSSR count). The maximum absolute atomic E-state index is 12.8. The Labute approximate surface area is 129 Å². The van der Waals surface area contributed by atoms with Crippen molar-refractivity contribution < 1.29 is 9.50 Å². The van der Waals surface area contributed by atoms with Crippen LogP contribution in [0.5, 0.6) is 0 Å². The molecule has 0 bridgehead atoms. The van der Waals surface area contributed by atoms with Crippen LogP contribution < -0.4 is 0 Å². The second-order valence-electron chi connectivity index (χ2n) is 5.22. The first-order chi connectivity index (χ1) is 10.0. The molecule has 0 aliphatic heterocycles. The highest BCUT2D eigenvalue weighted by Gasteiger charge is 2.09. The van der Waals surface area contributed by atoms with E-state index in [-0.39, 0.29) is 5.82 Å². The van der Waals surface area contributed by atoms with Crippen LogP contribution in [0.2, 0.25) is 5.02 Å². The third-order valence-corrected chi connectivity index (χ3v) is 3.66. The largest absolute Gasteiger partial charge is 0.388 e. The molecule has 112 valence electrons. The highest BCUT2D eigenvalue weighted by molar-refractivity contribution is 6.30. The molecule has 0 saturated carbocycles. The Bertz CT molecular complexity index is 556. The molecule has 2 aromatic carbocycles. The summed E-state index contributed by atoms with van der Waals surface area (Å²) in [5.41, 5.74) is 1.93. The van der Waals surface area contributed by atoms with E-state index in [1.807, 2.05) is 19.2 Å². The van der Waals surface area contributed by atoms with Gasteiger partial charge in [0.15, 0.2) is 0 Å². The number of nitrogens with zero attached hydrogens (tertiary/aromatic N) is 1. The van der Waals surface area contributed by atoms with Crippen LogP contribution in [0.15, 0.2) is 48.5 Å². The van der Waals surface area contributed by atoms with Gasteiger partial charge < -0.3 is 10.0 Å². The molecule has 0 radical (unpaired) electrons. The Morgan fingerprint density at radius 3 is 2.33 bits per heavy atom. The predicted molar refractivity (Wildman–Crippen MR) is 83.8 cm³/mol. The Morgan fingerprint density at radius 1 is 1.10 bits per heavy atom. The first-order valence-electron chi connectivity index (χ1n) is 6.91. The van der Waals surface area contributed by atoms with E-state index in [0.717, 1.165) is 24.2 Å². The monoisotopic (exact) mass is 307 g/mol. The van der Waals surface area contributed by atoms with Crippen LogP contribution in [0.1, 0.15) is 23.7 Å². The number of benzene rings is 2. The summed E-state index contributed by atoms with van der Waals surface area (Å²) in [7, 11) is 1.98. The molecular weight excluding hydrogens is 289 g/mol. The summed E-state index contributed by atoms with van der Waals surface area (Å²) >= 11 is 5.83. The molecule has 0 amide bonds. The van der Waals surface area contributed by atoms with Crippen molar-refractivity contribution in [2.45, 2.75) is 19.1 Å². The van der Waals surface area contributed by atoms with Crippen LogP contribution in [0.3, 0.4) is 0 Å². The molecule has 1 unspecified atom stereocenters. The maximum Gasteiger partial charge on any atom is 0.123 e. The van der Waals surface area contributed by atoms with Crippen LogP contribution in [-0.2, 0) is 6.54 Å². The van der Waals surface area contributed by atoms with Crippen molar-refractivity contribution in [3.05, 3.63) is 70.5 Å². The molecule has 0 fully saturated rings. The molecule has 4 heteroatoms. The normalized spacial score (nSPS) is 12.6. The van der Waals surface area contributed by atoms with E-state index >= 15 is 0 Å². The Balaban J connectivity index is 1.81. The molecule has 0 saturated heterocycles. The number of hydrogen-bond acceptors (Lipinski definition) is 2. The SMILES string of the molecule is CN(CCC(O)c1ccc(Cl)cc1)Cc1ccc(F)cc1. The fraction of sp³-hybridized carbons (Fsp3) is 0.294. The highest BCUT2D eigenvalue weighted by atomic mass is 35.5. The molecule has 1 atom stereocenters. The van der Waals surface area contributed by atoms with Gasteiger partial charge in [-0.3, -0.25) is 0 Å². The molecule has 0 aliphatic rings. The molecule has 0 heterocycles. The third-order valence-electron chi connectivity index (χ3n) is 3.40. The van der Waals surface area contributed by atoms with Crippen LogP contribution in [0, 0.1) is 5.82 Å². The van der Waals surface area contributed by atoms with E-state index in [0.29, 0.717) is 11.4 Å². The molecular formula is C17H19ClFNO. The van der Waals surface area contributed by atoms with Crippen molar-refractivity contribution in [3.63, 3.8) is 0 Å². The number of rotatable bonds is 6. The van der Waals surface area contributed by atoms with Gasteiger partial charge in [-0.1, -0.05) is 35.9 Å². The second kappa shape index (κ2) is 7.55. The lowest BCUT2D eigenvalue weighted by Gasteiger charge is -2.19.